The van der Waals surface area contributed by atoms with Crippen molar-refractivity contribution in [3.8, 4) is 11.5 Å². The number of hydrogen-bond donors (Lipinski definition) is 2. The third-order valence-electron chi connectivity index (χ3n) is 7.90. The zero-order valence-corrected chi connectivity index (χ0v) is 16.7. The van der Waals surface area contributed by atoms with Crippen molar-refractivity contribution < 1.29 is 14.9 Å². The fourth-order valence-corrected chi connectivity index (χ4v) is 6.54. The summed E-state index contributed by atoms with van der Waals surface area (Å²) in [6.07, 6.45) is 7.00. The monoisotopic (exact) mass is 389 g/mol. The SMILES string of the molecule is CN1CC[C@]23c4c5c(CCc6ccccc6)cc(O)c4O[C@H]2[C@@H](O)C=C[C@H]3[C@H]1C5. The minimum absolute atomic E-state index is 0.214. The fraction of sp³-hybridized carbons (Fsp3) is 0.440. The van der Waals surface area contributed by atoms with Crippen LogP contribution in [-0.2, 0) is 24.7 Å². The first-order valence-corrected chi connectivity index (χ1v) is 10.7. The van der Waals surface area contributed by atoms with Gasteiger partial charge in [-0.25, -0.2) is 0 Å². The zero-order chi connectivity index (χ0) is 19.8. The number of benzene rings is 2. The summed E-state index contributed by atoms with van der Waals surface area (Å²) in [5.74, 6) is 1.19. The number of nitrogens with zero attached hydrogens (tertiary/aromatic N) is 1. The van der Waals surface area contributed by atoms with Crippen LogP contribution in [0.4, 0.5) is 0 Å². The summed E-state index contributed by atoms with van der Waals surface area (Å²) in [5.41, 5.74) is 4.88. The number of hydrogen-bond acceptors (Lipinski definition) is 4. The van der Waals surface area contributed by atoms with Crippen molar-refractivity contribution in [1.29, 1.82) is 0 Å². The minimum atomic E-state index is -0.624. The first-order valence-electron chi connectivity index (χ1n) is 10.7. The van der Waals surface area contributed by atoms with Gasteiger partial charge >= 0.3 is 0 Å². The Morgan fingerprint density at radius 2 is 2.00 bits per heavy atom. The van der Waals surface area contributed by atoms with Crippen molar-refractivity contribution in [2.24, 2.45) is 5.92 Å². The van der Waals surface area contributed by atoms with Gasteiger partial charge in [0.2, 0.25) is 0 Å². The molecule has 6 rings (SSSR count). The third-order valence-corrected chi connectivity index (χ3v) is 7.90. The van der Waals surface area contributed by atoms with E-state index in [1.165, 1.54) is 22.3 Å². The van der Waals surface area contributed by atoms with E-state index in [2.05, 4.69) is 42.3 Å². The number of aromatic hydroxyl groups is 1. The summed E-state index contributed by atoms with van der Waals surface area (Å²) in [7, 11) is 2.22. The van der Waals surface area contributed by atoms with Gasteiger partial charge in [-0.15, -0.1) is 0 Å². The zero-order valence-electron chi connectivity index (χ0n) is 16.7. The second-order valence-electron chi connectivity index (χ2n) is 9.21. The molecule has 4 nitrogen and oxygen atoms in total. The van der Waals surface area contributed by atoms with Crippen LogP contribution < -0.4 is 4.74 Å². The number of likely N-dealkylation sites (tertiary alicyclic amines) is 1. The molecule has 2 aromatic rings. The second kappa shape index (κ2) is 6.10. The molecule has 2 aliphatic carbocycles. The normalized spacial score (nSPS) is 34.0. The van der Waals surface area contributed by atoms with Crippen LogP contribution in [0.5, 0.6) is 11.5 Å². The number of aryl methyl sites for hydroxylation is 2. The van der Waals surface area contributed by atoms with Crippen molar-refractivity contribution in [3.05, 3.63) is 70.8 Å². The quantitative estimate of drug-likeness (QED) is 0.793. The maximum atomic E-state index is 10.9. The number of ether oxygens (including phenoxy) is 1. The number of likely N-dealkylation sites (N-methyl/N-ethyl adjacent to an activating group) is 1. The Bertz CT molecular complexity index is 1000. The summed E-state index contributed by atoms with van der Waals surface area (Å²) in [5, 5.41) is 21.6. The molecule has 5 atom stereocenters. The Morgan fingerprint density at radius 1 is 1.17 bits per heavy atom. The Morgan fingerprint density at radius 3 is 2.83 bits per heavy atom. The van der Waals surface area contributed by atoms with Gasteiger partial charge in [0, 0.05) is 22.9 Å². The highest BCUT2D eigenvalue weighted by molar-refractivity contribution is 5.64. The summed E-state index contributed by atoms with van der Waals surface area (Å²) < 4.78 is 6.30. The lowest BCUT2D eigenvalue weighted by molar-refractivity contribution is -0.0454. The molecule has 2 heterocycles. The van der Waals surface area contributed by atoms with Gasteiger partial charge in [-0.2, -0.15) is 0 Å². The van der Waals surface area contributed by atoms with E-state index < -0.39 is 6.10 Å². The van der Waals surface area contributed by atoms with Gasteiger partial charge in [0.25, 0.3) is 0 Å². The molecular formula is C25H27NO3. The largest absolute Gasteiger partial charge is 0.504 e. The molecule has 150 valence electrons. The third kappa shape index (κ3) is 2.27. The maximum Gasteiger partial charge on any atom is 0.165 e. The number of phenolic OH excluding ortho intramolecular Hbond substituents is 1. The molecule has 0 unspecified atom stereocenters. The highest BCUT2D eigenvalue weighted by atomic mass is 16.5. The molecule has 0 saturated carbocycles. The molecule has 4 aliphatic rings. The molecule has 4 heteroatoms. The molecule has 1 saturated heterocycles. The highest BCUT2D eigenvalue weighted by Crippen LogP contribution is 2.63. The number of phenols is 1. The second-order valence-corrected chi connectivity index (χ2v) is 9.21. The number of rotatable bonds is 3. The summed E-state index contributed by atoms with van der Waals surface area (Å²) in [6, 6.07) is 12.9. The van der Waals surface area contributed by atoms with E-state index >= 15 is 0 Å². The van der Waals surface area contributed by atoms with Gasteiger partial charge in [-0.3, -0.25) is 0 Å². The smallest absolute Gasteiger partial charge is 0.165 e. The topological polar surface area (TPSA) is 52.9 Å². The predicted octanol–water partition coefficient (Wildman–Crippen LogP) is 2.98. The van der Waals surface area contributed by atoms with E-state index in [4.69, 9.17) is 4.74 Å². The van der Waals surface area contributed by atoms with Crippen molar-refractivity contribution in [1.82, 2.24) is 4.90 Å². The van der Waals surface area contributed by atoms with Crippen LogP contribution in [0.3, 0.4) is 0 Å². The van der Waals surface area contributed by atoms with Gasteiger partial charge in [0.1, 0.15) is 12.2 Å². The lowest BCUT2D eigenvalue weighted by atomic mass is 9.53. The Kier molecular flexibility index (Phi) is 3.69. The molecule has 2 aliphatic heterocycles. The molecule has 29 heavy (non-hydrogen) atoms. The molecule has 0 aromatic heterocycles. The Balaban J connectivity index is 1.50. The van der Waals surface area contributed by atoms with Crippen molar-refractivity contribution in [2.75, 3.05) is 13.6 Å². The average Bonchev–Trinajstić information content (AvgIpc) is 3.09. The minimum Gasteiger partial charge on any atom is -0.504 e. The van der Waals surface area contributed by atoms with Gasteiger partial charge in [0.05, 0.1) is 0 Å². The molecule has 2 bridgehead atoms. The molecule has 1 fully saturated rings. The van der Waals surface area contributed by atoms with Crippen LogP contribution in [0.2, 0.25) is 0 Å². The van der Waals surface area contributed by atoms with Crippen molar-refractivity contribution >= 4 is 0 Å². The Hall–Kier alpha value is -2.30. The molecule has 0 amide bonds. The molecule has 0 radical (unpaired) electrons. The molecular weight excluding hydrogens is 362 g/mol. The number of aliphatic hydroxyl groups excluding tert-OH is 1. The van der Waals surface area contributed by atoms with Crippen LogP contribution >= 0.6 is 0 Å². The van der Waals surface area contributed by atoms with E-state index in [0.717, 1.165) is 32.2 Å². The predicted molar refractivity (Wildman–Crippen MR) is 111 cm³/mol. The van der Waals surface area contributed by atoms with Gasteiger partial charge in [-0.05, 0) is 62.0 Å². The van der Waals surface area contributed by atoms with Crippen molar-refractivity contribution in [2.45, 2.75) is 49.3 Å². The highest BCUT2D eigenvalue weighted by Gasteiger charge is 2.64. The van der Waals surface area contributed by atoms with E-state index in [1.807, 2.05) is 18.2 Å². The summed E-state index contributed by atoms with van der Waals surface area (Å²) >= 11 is 0. The lowest BCUT2D eigenvalue weighted by Gasteiger charge is -2.56. The fourth-order valence-electron chi connectivity index (χ4n) is 6.54. The Labute approximate surface area is 171 Å². The van der Waals surface area contributed by atoms with Crippen LogP contribution in [0.1, 0.15) is 28.7 Å². The standard InChI is InChI=1S/C25H27NO3/c1-26-12-11-25-18-9-10-20(27)24(25)29-23-21(28)13-16(17(22(23)25)14-19(18)26)8-7-15-5-3-2-4-6-15/h2-6,9-10,13,18-20,24,27-28H,7-8,11-12,14H2,1H3/t18-,19+,20-,24-,25-/m0/s1. The number of aliphatic hydroxyl groups is 1. The van der Waals surface area contributed by atoms with E-state index in [0.29, 0.717) is 17.7 Å². The number of piperidine rings is 1. The lowest BCUT2D eigenvalue weighted by Crippen LogP contribution is -2.64. The van der Waals surface area contributed by atoms with Gasteiger partial charge in [0.15, 0.2) is 11.5 Å². The maximum absolute atomic E-state index is 10.9. The van der Waals surface area contributed by atoms with Crippen LogP contribution in [0, 0.1) is 5.92 Å². The molecule has 2 aromatic carbocycles. The average molecular weight is 389 g/mol. The molecule has 2 N–H and O–H groups in total. The van der Waals surface area contributed by atoms with Gasteiger partial charge in [-0.1, -0.05) is 42.5 Å². The van der Waals surface area contributed by atoms with Crippen molar-refractivity contribution in [3.63, 3.8) is 0 Å². The van der Waals surface area contributed by atoms with E-state index in [9.17, 15) is 10.2 Å². The molecule has 1 spiro atoms. The van der Waals surface area contributed by atoms with E-state index in [1.54, 1.807) is 0 Å². The first kappa shape index (κ1) is 17.5. The first-order chi connectivity index (χ1) is 14.1. The summed E-state index contributed by atoms with van der Waals surface area (Å²) in [4.78, 5) is 2.48. The summed E-state index contributed by atoms with van der Waals surface area (Å²) in [6.45, 7) is 0.996. The van der Waals surface area contributed by atoms with E-state index in [-0.39, 0.29) is 17.3 Å². The van der Waals surface area contributed by atoms with Gasteiger partial charge < -0.3 is 19.8 Å². The van der Waals surface area contributed by atoms with Crippen LogP contribution in [0.25, 0.3) is 0 Å². The van der Waals surface area contributed by atoms with Crippen LogP contribution in [0.15, 0.2) is 48.6 Å². The van der Waals surface area contributed by atoms with Crippen LogP contribution in [-0.4, -0.2) is 47.0 Å².